The Hall–Kier alpha value is -5.15. The number of aryl methyl sites for hydroxylation is 2. The van der Waals surface area contributed by atoms with Crippen LogP contribution >= 0.6 is 11.3 Å². The van der Waals surface area contributed by atoms with Crippen LogP contribution in [0.4, 0.5) is 5.69 Å². The summed E-state index contributed by atoms with van der Waals surface area (Å²) in [6.45, 7) is 7.85. The Morgan fingerprint density at radius 3 is 2.33 bits per heavy atom. The van der Waals surface area contributed by atoms with Gasteiger partial charge >= 0.3 is 0 Å². The number of fused-ring (bicyclic) bond motifs is 1. The van der Waals surface area contributed by atoms with Crippen molar-refractivity contribution in [2.75, 3.05) is 19.5 Å². The number of anilines is 1. The normalized spacial score (nSPS) is 14.6. The van der Waals surface area contributed by atoms with E-state index in [4.69, 9.17) is 14.5 Å². The van der Waals surface area contributed by atoms with Gasteiger partial charge in [0.25, 0.3) is 11.5 Å². The van der Waals surface area contributed by atoms with Gasteiger partial charge in [0.15, 0.2) is 16.3 Å². The molecule has 5 aromatic rings. The number of aromatic nitrogens is 2. The van der Waals surface area contributed by atoms with Gasteiger partial charge in [-0.25, -0.2) is 4.99 Å². The van der Waals surface area contributed by atoms with E-state index in [1.165, 1.54) is 11.3 Å². The minimum Gasteiger partial charge on any atom is -0.493 e. The number of hydrogen-bond acceptors (Lipinski definition) is 6. The quantitative estimate of drug-likeness (QED) is 0.257. The van der Waals surface area contributed by atoms with Gasteiger partial charge in [-0.1, -0.05) is 53.8 Å². The summed E-state index contributed by atoms with van der Waals surface area (Å²) in [6.07, 6.45) is 1.92. The molecule has 0 aliphatic carbocycles. The first-order valence-electron chi connectivity index (χ1n) is 14.6. The molecule has 0 spiro atoms. The number of carbonyl (C=O) groups is 1. The van der Waals surface area contributed by atoms with Gasteiger partial charge in [0, 0.05) is 22.8 Å². The summed E-state index contributed by atoms with van der Waals surface area (Å²) in [6, 6.07) is 24.5. The second-order valence-electron chi connectivity index (χ2n) is 11.0. The van der Waals surface area contributed by atoms with E-state index in [2.05, 4.69) is 35.0 Å². The summed E-state index contributed by atoms with van der Waals surface area (Å²) in [5.74, 6) is 0.721. The van der Waals surface area contributed by atoms with Gasteiger partial charge < -0.3 is 19.4 Å². The zero-order valence-electron chi connectivity index (χ0n) is 26.0. The number of ether oxygens (including phenoxy) is 2. The van der Waals surface area contributed by atoms with Crippen molar-refractivity contribution in [3.05, 3.63) is 138 Å². The highest BCUT2D eigenvalue weighted by molar-refractivity contribution is 7.07. The Bertz CT molecular complexity index is 2150. The zero-order chi connectivity index (χ0) is 31.8. The van der Waals surface area contributed by atoms with Crippen LogP contribution in [-0.2, 0) is 4.79 Å². The van der Waals surface area contributed by atoms with E-state index in [1.807, 2.05) is 81.4 Å². The molecule has 6 rings (SSSR count). The predicted octanol–water partition coefficient (Wildman–Crippen LogP) is 5.61. The number of allylic oxidation sites excluding steroid dienone is 1. The van der Waals surface area contributed by atoms with Gasteiger partial charge in [-0.3, -0.25) is 14.2 Å². The number of nitrogens with zero attached hydrogens (tertiary/aromatic N) is 3. The van der Waals surface area contributed by atoms with Crippen molar-refractivity contribution >= 4 is 29.0 Å². The van der Waals surface area contributed by atoms with Crippen molar-refractivity contribution in [3.8, 4) is 17.2 Å². The lowest BCUT2D eigenvalue weighted by Gasteiger charge is -2.26. The molecule has 1 N–H and O–H groups in total. The fraction of sp³-hybridized carbons (Fsp3) is 0.194. The third-order valence-electron chi connectivity index (χ3n) is 8.15. The van der Waals surface area contributed by atoms with Crippen molar-refractivity contribution in [3.63, 3.8) is 0 Å². The molecule has 8 nitrogen and oxygen atoms in total. The van der Waals surface area contributed by atoms with Crippen LogP contribution in [0.15, 0.2) is 99.9 Å². The maximum absolute atomic E-state index is 14.3. The highest BCUT2D eigenvalue weighted by atomic mass is 32.1. The molecule has 1 amide bonds. The van der Waals surface area contributed by atoms with E-state index in [0.29, 0.717) is 43.4 Å². The number of methoxy groups -OCH3 is 2. The molecule has 0 saturated heterocycles. The summed E-state index contributed by atoms with van der Waals surface area (Å²) in [7, 11) is 3.13. The van der Waals surface area contributed by atoms with E-state index in [9.17, 15) is 9.59 Å². The Morgan fingerprint density at radius 2 is 1.62 bits per heavy atom. The van der Waals surface area contributed by atoms with Crippen LogP contribution in [-0.4, -0.2) is 29.3 Å². The summed E-state index contributed by atoms with van der Waals surface area (Å²) in [5, 5.41) is 3.05. The van der Waals surface area contributed by atoms with Crippen LogP contribution in [0.1, 0.15) is 41.0 Å². The molecule has 45 heavy (non-hydrogen) atoms. The van der Waals surface area contributed by atoms with Crippen LogP contribution < -0.4 is 29.7 Å². The van der Waals surface area contributed by atoms with Crippen molar-refractivity contribution in [2.45, 2.75) is 33.7 Å². The van der Waals surface area contributed by atoms with Crippen LogP contribution in [0, 0.1) is 20.8 Å². The van der Waals surface area contributed by atoms with Crippen molar-refractivity contribution < 1.29 is 14.3 Å². The van der Waals surface area contributed by atoms with Crippen molar-refractivity contribution in [1.29, 1.82) is 0 Å². The molecule has 228 valence electrons. The van der Waals surface area contributed by atoms with E-state index in [-0.39, 0.29) is 11.5 Å². The SMILES string of the molecule is COc1ccc([C@H]2C(C(=O)Nc3ccccc3C)=C(C)N=c3s/c(=C\c4cc(C)n(-c5ccccc5)c4C)c(=O)n32)cc1OC. The third-order valence-corrected chi connectivity index (χ3v) is 9.14. The van der Waals surface area contributed by atoms with Crippen molar-refractivity contribution in [2.24, 2.45) is 4.99 Å². The minimum atomic E-state index is -0.746. The number of hydrogen-bond donors (Lipinski definition) is 1. The summed E-state index contributed by atoms with van der Waals surface area (Å²) < 4.78 is 15.4. The molecule has 9 heteroatoms. The average molecular weight is 619 g/mol. The fourth-order valence-electron chi connectivity index (χ4n) is 5.90. The molecular formula is C36H34N4O4S. The number of nitrogens with one attached hydrogen (secondary N) is 1. The highest BCUT2D eigenvalue weighted by Gasteiger charge is 2.33. The number of thiazole rings is 1. The first-order chi connectivity index (χ1) is 21.7. The van der Waals surface area contributed by atoms with Crippen LogP contribution in [0.5, 0.6) is 11.5 Å². The lowest BCUT2D eigenvalue weighted by molar-refractivity contribution is -0.113. The van der Waals surface area contributed by atoms with Gasteiger partial charge in [0.2, 0.25) is 0 Å². The molecule has 1 atom stereocenters. The van der Waals surface area contributed by atoms with Crippen LogP contribution in [0.25, 0.3) is 11.8 Å². The van der Waals surface area contributed by atoms with E-state index < -0.39 is 6.04 Å². The number of benzene rings is 3. The molecule has 3 heterocycles. The molecule has 0 saturated carbocycles. The first kappa shape index (κ1) is 29.9. The number of para-hydroxylation sites is 2. The molecule has 0 bridgehead atoms. The fourth-order valence-corrected chi connectivity index (χ4v) is 6.94. The summed E-state index contributed by atoms with van der Waals surface area (Å²) in [4.78, 5) is 33.6. The van der Waals surface area contributed by atoms with Gasteiger partial charge in [-0.2, -0.15) is 0 Å². The average Bonchev–Trinajstić information content (AvgIpc) is 3.50. The number of carbonyl (C=O) groups excluding carboxylic acids is 1. The topological polar surface area (TPSA) is 86.9 Å². The number of amides is 1. The predicted molar refractivity (Wildman–Crippen MR) is 178 cm³/mol. The second kappa shape index (κ2) is 12.1. The standard InChI is InChI=1S/C36H34N4O4S/c1-21-12-10-11-15-28(21)38-34(41)32-23(3)37-36-40(33(32)25-16-17-29(43-5)30(19-25)44-6)35(42)31(45-36)20-26-18-22(2)39(24(26)4)27-13-8-7-9-14-27/h7-20,33H,1-6H3,(H,38,41)/b31-20-/t33-/m0/s1. The molecule has 0 fully saturated rings. The Balaban J connectivity index is 1.52. The largest absolute Gasteiger partial charge is 0.493 e. The van der Waals surface area contributed by atoms with Gasteiger partial charge in [0.05, 0.1) is 36.1 Å². The minimum absolute atomic E-state index is 0.225. The Labute approximate surface area is 265 Å². The van der Waals surface area contributed by atoms with Gasteiger partial charge in [-0.15, -0.1) is 0 Å². The van der Waals surface area contributed by atoms with Crippen molar-refractivity contribution in [1.82, 2.24) is 9.13 Å². The molecule has 3 aromatic carbocycles. The molecule has 1 aliphatic rings. The van der Waals surface area contributed by atoms with Gasteiger partial charge in [-0.05, 0) is 86.9 Å². The molecule has 1 aliphatic heterocycles. The van der Waals surface area contributed by atoms with E-state index in [1.54, 1.807) is 24.9 Å². The zero-order valence-corrected chi connectivity index (χ0v) is 26.9. The van der Waals surface area contributed by atoms with Crippen LogP contribution in [0.2, 0.25) is 0 Å². The van der Waals surface area contributed by atoms with Gasteiger partial charge in [0.1, 0.15) is 0 Å². The molecule has 0 radical (unpaired) electrons. The second-order valence-corrected chi connectivity index (χ2v) is 12.0. The molecule has 0 unspecified atom stereocenters. The number of rotatable bonds is 7. The highest BCUT2D eigenvalue weighted by Crippen LogP contribution is 2.36. The monoisotopic (exact) mass is 618 g/mol. The summed E-state index contributed by atoms with van der Waals surface area (Å²) in [5.41, 5.74) is 7.10. The lowest BCUT2D eigenvalue weighted by Crippen LogP contribution is -2.40. The Morgan fingerprint density at radius 1 is 0.911 bits per heavy atom. The smallest absolute Gasteiger partial charge is 0.271 e. The Kier molecular flexibility index (Phi) is 8.03. The van der Waals surface area contributed by atoms with Crippen LogP contribution in [0.3, 0.4) is 0 Å². The maximum Gasteiger partial charge on any atom is 0.271 e. The first-order valence-corrected chi connectivity index (χ1v) is 15.4. The third kappa shape index (κ3) is 5.40. The van der Waals surface area contributed by atoms with E-state index in [0.717, 1.165) is 28.2 Å². The lowest BCUT2D eigenvalue weighted by atomic mass is 9.94. The molecule has 2 aromatic heterocycles. The van der Waals surface area contributed by atoms with E-state index >= 15 is 0 Å². The molecular weight excluding hydrogens is 584 g/mol. The summed E-state index contributed by atoms with van der Waals surface area (Å²) >= 11 is 1.31. The maximum atomic E-state index is 14.3.